The van der Waals surface area contributed by atoms with Gasteiger partial charge in [-0.2, -0.15) is 5.10 Å². The number of likely N-dealkylation sites (N-methyl/N-ethyl adjacent to an activating group) is 1. The maximum Gasteiger partial charge on any atom is 0.319 e. The molecule has 2 atom stereocenters. The van der Waals surface area contributed by atoms with Gasteiger partial charge in [-0.05, 0) is 18.4 Å². The van der Waals surface area contributed by atoms with Crippen LogP contribution < -0.4 is 10.6 Å². The van der Waals surface area contributed by atoms with Crippen molar-refractivity contribution in [3.8, 4) is 0 Å². The minimum Gasteiger partial charge on any atom is -0.376 e. The molecule has 2 heterocycles. The van der Waals surface area contributed by atoms with Crippen LogP contribution in [-0.4, -0.2) is 59.5 Å². The van der Waals surface area contributed by atoms with Gasteiger partial charge in [0.05, 0.1) is 24.5 Å². The van der Waals surface area contributed by atoms with Gasteiger partial charge in [0.15, 0.2) is 0 Å². The summed E-state index contributed by atoms with van der Waals surface area (Å²) in [4.78, 5) is 26.4. The van der Waals surface area contributed by atoms with Gasteiger partial charge in [-0.3, -0.25) is 9.48 Å². The molecule has 8 heteroatoms. The van der Waals surface area contributed by atoms with E-state index in [2.05, 4.69) is 15.7 Å². The third-order valence-corrected chi connectivity index (χ3v) is 4.63. The average molecular weight is 385 g/mol. The lowest BCUT2D eigenvalue weighted by Gasteiger charge is -2.22. The summed E-state index contributed by atoms with van der Waals surface area (Å²) in [5, 5.41) is 9.79. The van der Waals surface area contributed by atoms with Crippen LogP contribution in [0.15, 0.2) is 42.7 Å². The topological polar surface area (TPSA) is 88.5 Å². The standard InChI is InChI=1S/C20H27N5O3/c1-24(2)19(26)18(11-15-7-4-3-5-8-15)23-20(27)22-16-12-21-25(13-16)14-17-9-6-10-28-17/h3-5,7-8,12-13,17-18H,6,9-11,14H2,1-2H3,(H2,22,23,27). The number of carbonyl (C=O) groups excluding carboxylic acids is 2. The molecule has 0 aliphatic carbocycles. The van der Waals surface area contributed by atoms with Crippen molar-refractivity contribution in [2.75, 3.05) is 26.0 Å². The third kappa shape index (κ3) is 5.56. The quantitative estimate of drug-likeness (QED) is 0.762. The number of nitrogens with zero attached hydrogens (tertiary/aromatic N) is 3. The second kappa shape index (κ2) is 9.36. The Morgan fingerprint density at radius 2 is 2.11 bits per heavy atom. The van der Waals surface area contributed by atoms with Crippen LogP contribution in [0.3, 0.4) is 0 Å². The molecular formula is C20H27N5O3. The number of benzene rings is 1. The fourth-order valence-corrected chi connectivity index (χ4v) is 3.21. The van der Waals surface area contributed by atoms with E-state index in [-0.39, 0.29) is 12.0 Å². The van der Waals surface area contributed by atoms with Crippen molar-refractivity contribution >= 4 is 17.6 Å². The highest BCUT2D eigenvalue weighted by Gasteiger charge is 2.23. The van der Waals surface area contributed by atoms with Crippen LogP contribution in [0.4, 0.5) is 10.5 Å². The smallest absolute Gasteiger partial charge is 0.319 e. The van der Waals surface area contributed by atoms with Crippen molar-refractivity contribution in [3.05, 3.63) is 48.3 Å². The van der Waals surface area contributed by atoms with Crippen LogP contribution in [0.2, 0.25) is 0 Å². The van der Waals surface area contributed by atoms with E-state index in [1.54, 1.807) is 31.2 Å². The van der Waals surface area contributed by atoms with Gasteiger partial charge >= 0.3 is 6.03 Å². The first-order valence-corrected chi connectivity index (χ1v) is 9.48. The fourth-order valence-electron chi connectivity index (χ4n) is 3.21. The van der Waals surface area contributed by atoms with Gasteiger partial charge in [0.1, 0.15) is 6.04 Å². The van der Waals surface area contributed by atoms with Crippen LogP contribution >= 0.6 is 0 Å². The molecule has 1 saturated heterocycles. The van der Waals surface area contributed by atoms with Gasteiger partial charge < -0.3 is 20.3 Å². The Bertz CT molecular complexity index is 784. The molecule has 0 radical (unpaired) electrons. The van der Waals surface area contributed by atoms with E-state index in [1.165, 1.54) is 4.90 Å². The summed E-state index contributed by atoms with van der Waals surface area (Å²) < 4.78 is 7.36. The molecule has 0 bridgehead atoms. The molecule has 3 rings (SSSR count). The minimum absolute atomic E-state index is 0.159. The summed E-state index contributed by atoms with van der Waals surface area (Å²) in [5.74, 6) is -0.159. The van der Waals surface area contributed by atoms with Crippen LogP contribution in [-0.2, 0) is 22.5 Å². The molecule has 150 valence electrons. The first-order valence-electron chi connectivity index (χ1n) is 9.48. The van der Waals surface area contributed by atoms with E-state index in [9.17, 15) is 9.59 Å². The second-order valence-electron chi connectivity index (χ2n) is 7.16. The Labute approximate surface area is 164 Å². The SMILES string of the molecule is CN(C)C(=O)C(Cc1ccccc1)NC(=O)Nc1cnn(CC2CCCO2)c1. The molecule has 2 aromatic rings. The average Bonchev–Trinajstić information content (AvgIpc) is 3.34. The lowest BCUT2D eigenvalue weighted by atomic mass is 10.1. The summed E-state index contributed by atoms with van der Waals surface area (Å²) in [6.07, 6.45) is 6.05. The Morgan fingerprint density at radius 1 is 1.32 bits per heavy atom. The highest BCUT2D eigenvalue weighted by Crippen LogP contribution is 2.15. The largest absolute Gasteiger partial charge is 0.376 e. The van der Waals surface area contributed by atoms with E-state index in [0.717, 1.165) is 25.0 Å². The third-order valence-electron chi connectivity index (χ3n) is 4.63. The van der Waals surface area contributed by atoms with Gasteiger partial charge in [0.25, 0.3) is 0 Å². The van der Waals surface area contributed by atoms with E-state index in [0.29, 0.717) is 18.7 Å². The number of hydrogen-bond donors (Lipinski definition) is 2. The predicted molar refractivity (Wildman–Crippen MR) is 106 cm³/mol. The number of nitrogens with one attached hydrogen (secondary N) is 2. The number of urea groups is 1. The van der Waals surface area contributed by atoms with Crippen molar-refractivity contribution in [2.45, 2.75) is 38.0 Å². The first kappa shape index (κ1) is 19.9. The highest BCUT2D eigenvalue weighted by atomic mass is 16.5. The summed E-state index contributed by atoms with van der Waals surface area (Å²) >= 11 is 0. The predicted octanol–water partition coefficient (Wildman–Crippen LogP) is 1.88. The second-order valence-corrected chi connectivity index (χ2v) is 7.16. The molecule has 2 N–H and O–H groups in total. The Balaban J connectivity index is 1.58. The summed E-state index contributed by atoms with van der Waals surface area (Å²) in [6, 6.07) is 8.52. The number of ether oxygens (including phenoxy) is 1. The fraction of sp³-hybridized carbons (Fsp3) is 0.450. The highest BCUT2D eigenvalue weighted by molar-refractivity contribution is 5.93. The van der Waals surface area contributed by atoms with Crippen LogP contribution in [0, 0.1) is 0 Å². The molecule has 8 nitrogen and oxygen atoms in total. The Morgan fingerprint density at radius 3 is 2.79 bits per heavy atom. The zero-order chi connectivity index (χ0) is 19.9. The minimum atomic E-state index is -0.653. The van der Waals surface area contributed by atoms with Crippen molar-refractivity contribution in [1.82, 2.24) is 20.0 Å². The zero-order valence-electron chi connectivity index (χ0n) is 16.3. The Kier molecular flexibility index (Phi) is 6.65. The maximum absolute atomic E-state index is 12.5. The maximum atomic E-state index is 12.5. The van der Waals surface area contributed by atoms with Crippen molar-refractivity contribution in [3.63, 3.8) is 0 Å². The van der Waals surface area contributed by atoms with E-state index in [1.807, 2.05) is 30.3 Å². The number of rotatable bonds is 7. The molecule has 2 unspecified atom stereocenters. The van der Waals surface area contributed by atoms with Crippen LogP contribution in [0.5, 0.6) is 0 Å². The van der Waals surface area contributed by atoms with Gasteiger partial charge in [0, 0.05) is 33.3 Å². The molecule has 1 fully saturated rings. The summed E-state index contributed by atoms with van der Waals surface area (Å²) in [5.41, 5.74) is 1.55. The van der Waals surface area contributed by atoms with Crippen LogP contribution in [0.25, 0.3) is 0 Å². The number of anilines is 1. The molecular weight excluding hydrogens is 358 g/mol. The van der Waals surface area contributed by atoms with Gasteiger partial charge in [-0.1, -0.05) is 30.3 Å². The zero-order valence-corrected chi connectivity index (χ0v) is 16.3. The van der Waals surface area contributed by atoms with Gasteiger partial charge in [-0.25, -0.2) is 4.79 Å². The molecule has 0 spiro atoms. The van der Waals surface area contributed by atoms with Crippen molar-refractivity contribution < 1.29 is 14.3 Å². The first-order chi connectivity index (χ1) is 13.5. The van der Waals surface area contributed by atoms with Crippen molar-refractivity contribution in [1.29, 1.82) is 0 Å². The number of hydrogen-bond acceptors (Lipinski definition) is 4. The normalized spacial score (nSPS) is 17.1. The lowest BCUT2D eigenvalue weighted by molar-refractivity contribution is -0.130. The summed E-state index contributed by atoms with van der Waals surface area (Å²) in [7, 11) is 3.35. The molecule has 1 aromatic carbocycles. The van der Waals surface area contributed by atoms with Gasteiger partial charge in [-0.15, -0.1) is 0 Å². The van der Waals surface area contributed by atoms with E-state index in [4.69, 9.17) is 4.74 Å². The molecule has 28 heavy (non-hydrogen) atoms. The molecule has 1 aliphatic rings. The number of carbonyl (C=O) groups is 2. The molecule has 3 amide bonds. The molecule has 0 saturated carbocycles. The number of amides is 3. The van der Waals surface area contributed by atoms with Crippen LogP contribution in [0.1, 0.15) is 18.4 Å². The monoisotopic (exact) mass is 385 g/mol. The lowest BCUT2D eigenvalue weighted by Crippen LogP contribution is -2.48. The van der Waals surface area contributed by atoms with E-state index >= 15 is 0 Å². The summed E-state index contributed by atoms with van der Waals surface area (Å²) in [6.45, 7) is 1.46. The van der Waals surface area contributed by atoms with Crippen molar-refractivity contribution in [2.24, 2.45) is 0 Å². The van der Waals surface area contributed by atoms with E-state index < -0.39 is 12.1 Å². The number of aromatic nitrogens is 2. The Hall–Kier alpha value is -2.87. The molecule has 1 aromatic heterocycles. The molecule has 1 aliphatic heterocycles. The van der Waals surface area contributed by atoms with Gasteiger partial charge in [0.2, 0.25) is 5.91 Å².